The van der Waals surface area contributed by atoms with Gasteiger partial charge in [0.25, 0.3) is 0 Å². The average Bonchev–Trinajstić information content (AvgIpc) is 3.55. The molecule has 36 heavy (non-hydrogen) atoms. The lowest BCUT2D eigenvalue weighted by atomic mass is 9.89. The first-order valence-corrected chi connectivity index (χ1v) is 12.2. The Labute approximate surface area is 208 Å². The molecule has 3 aromatic heterocycles. The Morgan fingerprint density at radius 2 is 2.08 bits per heavy atom. The van der Waals surface area contributed by atoms with Gasteiger partial charge in [0.1, 0.15) is 30.6 Å². The number of benzene rings is 2. The van der Waals surface area contributed by atoms with Crippen LogP contribution in [0.5, 0.6) is 5.75 Å². The van der Waals surface area contributed by atoms with Gasteiger partial charge in [0.15, 0.2) is 5.82 Å². The van der Waals surface area contributed by atoms with Crippen LogP contribution in [-0.4, -0.2) is 26.8 Å². The molecule has 0 spiro atoms. The molecule has 10 heteroatoms. The molecule has 0 amide bonds. The van der Waals surface area contributed by atoms with Gasteiger partial charge in [-0.2, -0.15) is 0 Å². The highest BCUT2D eigenvalue weighted by atomic mass is 32.1. The SMILES string of the molecule is COCc1nc2cscc2n1Cc1ccc2c(c1)COc1cc(F)ccc1/C2=C(\C)c1noc(=O)[nH]1. The van der Waals surface area contributed by atoms with Crippen molar-refractivity contribution in [3.05, 3.63) is 97.4 Å². The molecule has 182 valence electrons. The van der Waals surface area contributed by atoms with Crippen molar-refractivity contribution in [3.8, 4) is 5.75 Å². The molecule has 6 rings (SSSR count). The van der Waals surface area contributed by atoms with Crippen molar-refractivity contribution >= 4 is 33.5 Å². The van der Waals surface area contributed by atoms with E-state index in [9.17, 15) is 9.18 Å². The third-order valence-corrected chi connectivity index (χ3v) is 7.01. The summed E-state index contributed by atoms with van der Waals surface area (Å²) in [5.74, 6) is 0.555. The summed E-state index contributed by atoms with van der Waals surface area (Å²) < 4.78 is 32.4. The van der Waals surface area contributed by atoms with Crippen LogP contribution < -0.4 is 10.5 Å². The average molecular weight is 505 g/mol. The maximum atomic E-state index is 14.1. The van der Waals surface area contributed by atoms with E-state index in [1.165, 1.54) is 12.1 Å². The van der Waals surface area contributed by atoms with E-state index in [0.717, 1.165) is 39.1 Å². The van der Waals surface area contributed by atoms with Crippen molar-refractivity contribution in [2.24, 2.45) is 0 Å². The molecule has 0 saturated heterocycles. The van der Waals surface area contributed by atoms with Gasteiger partial charge in [0, 0.05) is 41.6 Å². The summed E-state index contributed by atoms with van der Waals surface area (Å²) in [6.45, 7) is 3.12. The van der Waals surface area contributed by atoms with Gasteiger partial charge < -0.3 is 14.0 Å². The van der Waals surface area contributed by atoms with Crippen molar-refractivity contribution in [1.82, 2.24) is 19.7 Å². The van der Waals surface area contributed by atoms with Gasteiger partial charge in [-0.05, 0) is 47.4 Å². The number of imidazole rings is 1. The highest BCUT2D eigenvalue weighted by Crippen LogP contribution is 2.41. The summed E-state index contributed by atoms with van der Waals surface area (Å²) in [5, 5.41) is 7.98. The molecule has 0 bridgehead atoms. The zero-order valence-electron chi connectivity index (χ0n) is 19.5. The standard InChI is InChI=1S/C26H21FN4O4S/c1-14(25-29-26(32)35-30-25)24-18-5-3-15(7-16(18)10-34-22-8-17(27)4-6-19(22)24)9-31-21-13-36-12-20(21)28-23(31)11-33-2/h3-8,12-13H,9-11H2,1-2H3,(H,29,30,32)/b24-14+. The highest BCUT2D eigenvalue weighted by Gasteiger charge is 2.24. The number of nitrogens with one attached hydrogen (secondary N) is 1. The molecule has 8 nitrogen and oxygen atoms in total. The van der Waals surface area contributed by atoms with Crippen LogP contribution in [0.3, 0.4) is 0 Å². The fourth-order valence-electron chi connectivity index (χ4n) is 4.65. The van der Waals surface area contributed by atoms with E-state index in [4.69, 9.17) is 19.0 Å². The van der Waals surface area contributed by atoms with Crippen LogP contribution in [0.25, 0.3) is 22.2 Å². The third-order valence-electron chi connectivity index (χ3n) is 6.29. The molecular formula is C26H21FN4O4S. The number of halogens is 1. The van der Waals surface area contributed by atoms with E-state index in [2.05, 4.69) is 32.2 Å². The predicted molar refractivity (Wildman–Crippen MR) is 133 cm³/mol. The van der Waals surface area contributed by atoms with Crippen molar-refractivity contribution in [1.29, 1.82) is 0 Å². The molecule has 5 aromatic rings. The number of thiophene rings is 1. The Bertz CT molecular complexity index is 1690. The summed E-state index contributed by atoms with van der Waals surface area (Å²) in [5.41, 5.74) is 7.10. The van der Waals surface area contributed by atoms with Crippen LogP contribution in [0.1, 0.15) is 40.8 Å². The lowest BCUT2D eigenvalue weighted by Crippen LogP contribution is -2.07. The monoisotopic (exact) mass is 504 g/mol. The second-order valence-corrected chi connectivity index (χ2v) is 9.30. The van der Waals surface area contributed by atoms with Gasteiger partial charge in [-0.3, -0.25) is 9.51 Å². The minimum atomic E-state index is -0.642. The van der Waals surface area contributed by atoms with Gasteiger partial charge in [-0.25, -0.2) is 14.2 Å². The number of rotatable bonds is 5. The van der Waals surface area contributed by atoms with Crippen LogP contribution in [0, 0.1) is 5.82 Å². The number of nitrogens with zero attached hydrogens (tertiary/aromatic N) is 3. The zero-order chi connectivity index (χ0) is 24.8. The number of H-pyrrole nitrogens is 1. The van der Waals surface area contributed by atoms with Gasteiger partial charge in [-0.15, -0.1) is 11.3 Å². The van der Waals surface area contributed by atoms with Crippen molar-refractivity contribution < 1.29 is 18.4 Å². The fourth-order valence-corrected chi connectivity index (χ4v) is 5.40. The number of aromatic nitrogens is 4. The number of allylic oxidation sites excluding steroid dienone is 1. The lowest BCUT2D eigenvalue weighted by molar-refractivity contribution is 0.175. The maximum Gasteiger partial charge on any atom is 0.439 e. The second-order valence-electron chi connectivity index (χ2n) is 8.55. The fraction of sp³-hybridized carbons (Fsp3) is 0.192. The summed E-state index contributed by atoms with van der Waals surface area (Å²) >= 11 is 1.61. The summed E-state index contributed by atoms with van der Waals surface area (Å²) in [6, 6.07) is 10.6. The Morgan fingerprint density at radius 3 is 2.89 bits per heavy atom. The molecule has 0 atom stereocenters. The van der Waals surface area contributed by atoms with E-state index < -0.39 is 11.6 Å². The first-order valence-electron chi connectivity index (χ1n) is 11.2. The minimum absolute atomic E-state index is 0.258. The molecule has 1 aliphatic heterocycles. The molecule has 0 unspecified atom stereocenters. The predicted octanol–water partition coefficient (Wildman–Crippen LogP) is 4.98. The number of hydrogen-bond donors (Lipinski definition) is 1. The van der Waals surface area contributed by atoms with Crippen LogP contribution >= 0.6 is 11.3 Å². The summed E-state index contributed by atoms with van der Waals surface area (Å²) in [7, 11) is 1.66. The summed E-state index contributed by atoms with van der Waals surface area (Å²) in [6.07, 6.45) is 0. The quantitative estimate of drug-likeness (QED) is 0.363. The second kappa shape index (κ2) is 8.89. The van der Waals surface area contributed by atoms with E-state index in [1.807, 2.05) is 18.4 Å². The first kappa shape index (κ1) is 22.4. The number of hydrogen-bond acceptors (Lipinski definition) is 7. The number of aromatic amines is 1. The Kier molecular flexibility index (Phi) is 5.54. The third kappa shape index (κ3) is 3.84. The number of fused-ring (bicyclic) bond motifs is 3. The minimum Gasteiger partial charge on any atom is -0.488 e. The van der Waals surface area contributed by atoms with Crippen LogP contribution in [0.2, 0.25) is 0 Å². The molecule has 0 fully saturated rings. The molecular weight excluding hydrogens is 483 g/mol. The molecule has 2 aromatic carbocycles. The lowest BCUT2D eigenvalue weighted by Gasteiger charge is -2.15. The van der Waals surface area contributed by atoms with Crippen LogP contribution in [-0.2, 0) is 24.5 Å². The molecule has 1 N–H and O–H groups in total. The van der Waals surface area contributed by atoms with E-state index in [1.54, 1.807) is 24.5 Å². The van der Waals surface area contributed by atoms with Crippen molar-refractivity contribution in [2.45, 2.75) is 26.7 Å². The van der Waals surface area contributed by atoms with Crippen molar-refractivity contribution in [2.75, 3.05) is 7.11 Å². The van der Waals surface area contributed by atoms with E-state index in [-0.39, 0.29) is 6.61 Å². The topological polar surface area (TPSA) is 95.2 Å². The zero-order valence-corrected chi connectivity index (χ0v) is 20.3. The summed E-state index contributed by atoms with van der Waals surface area (Å²) in [4.78, 5) is 18.9. The van der Waals surface area contributed by atoms with E-state index >= 15 is 0 Å². The van der Waals surface area contributed by atoms with Gasteiger partial charge >= 0.3 is 5.76 Å². The number of ether oxygens (including phenoxy) is 2. The maximum absolute atomic E-state index is 14.1. The smallest absolute Gasteiger partial charge is 0.439 e. The largest absolute Gasteiger partial charge is 0.488 e. The van der Waals surface area contributed by atoms with Crippen LogP contribution in [0.15, 0.2) is 56.5 Å². The van der Waals surface area contributed by atoms with E-state index in [0.29, 0.717) is 35.9 Å². The van der Waals surface area contributed by atoms with Gasteiger partial charge in [0.2, 0.25) is 0 Å². The molecule has 0 radical (unpaired) electrons. The molecule has 4 heterocycles. The van der Waals surface area contributed by atoms with Crippen LogP contribution in [0.4, 0.5) is 4.39 Å². The molecule has 1 aliphatic rings. The Balaban J connectivity index is 1.48. The number of methoxy groups -OCH3 is 1. The molecule has 0 aliphatic carbocycles. The van der Waals surface area contributed by atoms with Gasteiger partial charge in [-0.1, -0.05) is 17.3 Å². The van der Waals surface area contributed by atoms with Gasteiger partial charge in [0.05, 0.1) is 11.0 Å². The first-order chi connectivity index (χ1) is 17.5. The normalized spacial score (nSPS) is 14.3. The Hall–Kier alpha value is -4.02. The Morgan fingerprint density at radius 1 is 1.22 bits per heavy atom. The highest BCUT2D eigenvalue weighted by molar-refractivity contribution is 7.09. The van der Waals surface area contributed by atoms with Crippen molar-refractivity contribution in [3.63, 3.8) is 0 Å². The molecule has 0 saturated carbocycles.